The molecule has 0 saturated heterocycles. The van der Waals surface area contributed by atoms with Crippen molar-refractivity contribution in [3.05, 3.63) is 134 Å². The number of hydrogen-bond donors (Lipinski definition) is 2. The minimum atomic E-state index is -4.40. The Hall–Kier alpha value is -3.85. The number of phosphoric ester groups is 1. The van der Waals surface area contributed by atoms with E-state index in [0.717, 1.165) is 128 Å². The van der Waals surface area contributed by atoms with Crippen molar-refractivity contribution >= 4 is 19.8 Å². The molecule has 2 atom stereocenters. The molecule has 0 aromatic heterocycles. The van der Waals surface area contributed by atoms with Crippen molar-refractivity contribution in [3.63, 3.8) is 0 Å². The molecule has 2 unspecified atom stereocenters. The van der Waals surface area contributed by atoms with Crippen molar-refractivity contribution in [2.24, 2.45) is 5.73 Å². The molecule has 0 fully saturated rings. The zero-order chi connectivity index (χ0) is 50.2. The van der Waals surface area contributed by atoms with E-state index >= 15 is 0 Å². The maximum Gasteiger partial charge on any atom is 0.472 e. The zero-order valence-corrected chi connectivity index (χ0v) is 44.1. The number of phosphoric acid groups is 1. The second-order valence-electron chi connectivity index (χ2n) is 17.0. The SMILES string of the molecule is CC/C=C\C/C=C\C/C=C\C/C=C\C/C=C\C/C=C\C/C=C\C/C=C\C/C=C\CCCCCCCC(=O)OC(COC(=O)CCCCCCC/C=C\C/C=C\CCCCC)COP(=O)(O)OCCN. The van der Waals surface area contributed by atoms with Gasteiger partial charge in [-0.2, -0.15) is 0 Å². The summed E-state index contributed by atoms with van der Waals surface area (Å²) in [6.07, 6.45) is 74.9. The topological polar surface area (TPSA) is 134 Å². The molecule has 390 valence electrons. The van der Waals surface area contributed by atoms with Crippen LogP contribution in [0.5, 0.6) is 0 Å². The molecule has 9 nitrogen and oxygen atoms in total. The van der Waals surface area contributed by atoms with Crippen molar-refractivity contribution in [3.8, 4) is 0 Å². The van der Waals surface area contributed by atoms with Gasteiger partial charge in [-0.25, -0.2) is 4.57 Å². The van der Waals surface area contributed by atoms with E-state index in [9.17, 15) is 19.0 Å². The third kappa shape index (κ3) is 53.4. The van der Waals surface area contributed by atoms with Crippen molar-refractivity contribution < 1.29 is 37.6 Å². The Morgan fingerprint density at radius 1 is 0.449 bits per heavy atom. The number of carbonyl (C=O) groups excluding carboxylic acids is 2. The fourth-order valence-electron chi connectivity index (χ4n) is 6.60. The molecule has 0 aromatic rings. The van der Waals surface area contributed by atoms with Gasteiger partial charge < -0.3 is 20.1 Å². The van der Waals surface area contributed by atoms with E-state index in [1.807, 2.05) is 0 Å². The lowest BCUT2D eigenvalue weighted by atomic mass is 10.1. The van der Waals surface area contributed by atoms with Gasteiger partial charge in [0, 0.05) is 19.4 Å². The Labute approximate surface area is 421 Å². The van der Waals surface area contributed by atoms with Gasteiger partial charge >= 0.3 is 19.8 Å². The van der Waals surface area contributed by atoms with E-state index in [2.05, 4.69) is 148 Å². The lowest BCUT2D eigenvalue weighted by Gasteiger charge is -2.19. The van der Waals surface area contributed by atoms with Crippen molar-refractivity contribution in [1.29, 1.82) is 0 Å². The van der Waals surface area contributed by atoms with Crippen LogP contribution in [0.3, 0.4) is 0 Å². The van der Waals surface area contributed by atoms with E-state index in [1.54, 1.807) is 0 Å². The van der Waals surface area contributed by atoms with Gasteiger partial charge in [0.15, 0.2) is 6.10 Å². The number of ether oxygens (including phenoxy) is 2. The van der Waals surface area contributed by atoms with Crippen molar-refractivity contribution in [2.75, 3.05) is 26.4 Å². The Morgan fingerprint density at radius 2 is 0.797 bits per heavy atom. The van der Waals surface area contributed by atoms with Crippen LogP contribution < -0.4 is 5.73 Å². The number of allylic oxidation sites excluding steroid dienone is 22. The molecule has 3 N–H and O–H groups in total. The zero-order valence-electron chi connectivity index (χ0n) is 43.2. The highest BCUT2D eigenvalue weighted by atomic mass is 31.2. The van der Waals surface area contributed by atoms with Gasteiger partial charge in [0.25, 0.3) is 0 Å². The molecule has 0 aromatic carbocycles. The second kappa shape index (κ2) is 53.5. The first-order chi connectivity index (χ1) is 33.8. The molecule has 0 aliphatic carbocycles. The van der Waals surface area contributed by atoms with Crippen molar-refractivity contribution in [2.45, 2.75) is 200 Å². The summed E-state index contributed by atoms with van der Waals surface area (Å²) in [7, 11) is -4.40. The molecule has 0 spiro atoms. The third-order valence-corrected chi connectivity index (χ3v) is 11.5. The predicted octanol–water partition coefficient (Wildman–Crippen LogP) is 16.6. The second-order valence-corrected chi connectivity index (χ2v) is 18.5. The standard InChI is InChI=1S/C59H96NO8P/c1-3-5-7-9-11-13-15-17-19-20-21-22-23-24-25-26-27-28-29-30-31-32-33-34-35-36-38-40-42-44-46-48-50-52-59(62)68-57(56-67-69(63,64)66-54-53-60)55-65-58(61)51-49-47-45-43-41-39-37-18-16-14-12-10-8-6-4-2/h5,7,11-14,17-19,21-22,24-25,27-28,30-31,33-34,36-38,57H,3-4,6,8-10,15-16,20,23,26,29,32,35,39-56,60H2,1-2H3,(H,63,64)/b7-5-,13-11-,14-12-,19-17-,22-21-,25-24-,28-27-,31-30-,34-33-,37-18-,38-36-. The van der Waals surface area contributed by atoms with Crippen LogP contribution in [0.4, 0.5) is 0 Å². The minimum Gasteiger partial charge on any atom is -0.462 e. The quantitative estimate of drug-likeness (QED) is 0.0264. The molecule has 0 saturated carbocycles. The maximum absolute atomic E-state index is 12.7. The number of esters is 2. The largest absolute Gasteiger partial charge is 0.472 e. The van der Waals surface area contributed by atoms with Crippen molar-refractivity contribution in [1.82, 2.24) is 0 Å². The van der Waals surface area contributed by atoms with Gasteiger partial charge in [-0.15, -0.1) is 0 Å². The van der Waals surface area contributed by atoms with Crippen LogP contribution >= 0.6 is 7.82 Å². The smallest absolute Gasteiger partial charge is 0.462 e. The van der Waals surface area contributed by atoms with Crippen LogP contribution in [0, 0.1) is 0 Å². The predicted molar refractivity (Wildman–Crippen MR) is 293 cm³/mol. The summed E-state index contributed by atoms with van der Waals surface area (Å²) in [6, 6.07) is 0. The number of unbranched alkanes of at least 4 members (excludes halogenated alkanes) is 13. The van der Waals surface area contributed by atoms with E-state index in [1.165, 1.54) is 25.7 Å². The summed E-state index contributed by atoms with van der Waals surface area (Å²) in [5.74, 6) is -0.878. The van der Waals surface area contributed by atoms with Gasteiger partial charge in [-0.1, -0.05) is 199 Å². The summed E-state index contributed by atoms with van der Waals surface area (Å²) in [6.45, 7) is 3.53. The molecular weight excluding hydrogens is 882 g/mol. The van der Waals surface area contributed by atoms with Crippen LogP contribution in [0.2, 0.25) is 0 Å². The Morgan fingerprint density at radius 3 is 1.19 bits per heavy atom. The number of rotatable bonds is 48. The third-order valence-electron chi connectivity index (χ3n) is 10.5. The summed E-state index contributed by atoms with van der Waals surface area (Å²) < 4.78 is 32.9. The normalized spacial score (nSPS) is 14.2. The molecule has 0 aliphatic heterocycles. The molecule has 0 amide bonds. The van der Waals surface area contributed by atoms with Crippen LogP contribution in [0.1, 0.15) is 194 Å². The van der Waals surface area contributed by atoms with E-state index in [-0.39, 0.29) is 32.6 Å². The van der Waals surface area contributed by atoms with E-state index in [4.69, 9.17) is 24.3 Å². The average molecular weight is 978 g/mol. The molecule has 69 heavy (non-hydrogen) atoms. The van der Waals surface area contributed by atoms with Crippen LogP contribution in [-0.4, -0.2) is 49.3 Å². The van der Waals surface area contributed by atoms with Gasteiger partial charge in [-0.3, -0.25) is 18.6 Å². The minimum absolute atomic E-state index is 0.0404. The molecule has 0 aliphatic rings. The lowest BCUT2D eigenvalue weighted by molar-refractivity contribution is -0.161. The lowest BCUT2D eigenvalue weighted by Crippen LogP contribution is -2.29. The molecule has 10 heteroatoms. The molecular formula is C59H96NO8P. The molecule has 0 bridgehead atoms. The highest BCUT2D eigenvalue weighted by molar-refractivity contribution is 7.47. The maximum atomic E-state index is 12.7. The van der Waals surface area contributed by atoms with Crippen LogP contribution in [0.25, 0.3) is 0 Å². The summed E-state index contributed by atoms with van der Waals surface area (Å²) >= 11 is 0. The summed E-state index contributed by atoms with van der Waals surface area (Å²) in [5.41, 5.74) is 5.36. The molecule has 0 heterocycles. The Bertz CT molecular complexity index is 1580. The van der Waals surface area contributed by atoms with Crippen LogP contribution in [-0.2, 0) is 32.7 Å². The van der Waals surface area contributed by atoms with Gasteiger partial charge in [0.2, 0.25) is 0 Å². The van der Waals surface area contributed by atoms with Crippen LogP contribution in [0.15, 0.2) is 134 Å². The highest BCUT2D eigenvalue weighted by Crippen LogP contribution is 2.43. The average Bonchev–Trinajstić information content (AvgIpc) is 3.34. The number of hydrogen-bond acceptors (Lipinski definition) is 8. The summed E-state index contributed by atoms with van der Waals surface area (Å²) in [5, 5.41) is 0. The van der Waals surface area contributed by atoms with E-state index in [0.29, 0.717) is 12.8 Å². The monoisotopic (exact) mass is 978 g/mol. The fraction of sp³-hybridized carbons (Fsp3) is 0.593. The number of carbonyl (C=O) groups is 2. The van der Waals surface area contributed by atoms with Gasteiger partial charge in [0.05, 0.1) is 13.2 Å². The molecule has 0 radical (unpaired) electrons. The fourth-order valence-corrected chi connectivity index (χ4v) is 7.36. The molecule has 0 rings (SSSR count). The Kier molecular flexibility index (Phi) is 50.5. The first kappa shape index (κ1) is 65.1. The first-order valence-corrected chi connectivity index (χ1v) is 28.2. The highest BCUT2D eigenvalue weighted by Gasteiger charge is 2.26. The summed E-state index contributed by atoms with van der Waals surface area (Å²) in [4.78, 5) is 35.0. The number of nitrogens with two attached hydrogens (primary N) is 1. The van der Waals surface area contributed by atoms with E-state index < -0.39 is 32.5 Å². The first-order valence-electron chi connectivity index (χ1n) is 26.7. The Balaban J connectivity index is 4.12. The van der Waals surface area contributed by atoms with Gasteiger partial charge in [-0.05, 0) is 116 Å². The van der Waals surface area contributed by atoms with Gasteiger partial charge in [0.1, 0.15) is 6.61 Å².